The van der Waals surface area contributed by atoms with Crippen molar-refractivity contribution in [2.24, 2.45) is 0 Å². The number of rotatable bonds is 5. The van der Waals surface area contributed by atoms with Gasteiger partial charge in [0.25, 0.3) is 5.56 Å². The maximum atomic E-state index is 11.3. The van der Waals surface area contributed by atoms with E-state index in [2.05, 4.69) is 30.2 Å². The minimum atomic E-state index is -0.343. The van der Waals surface area contributed by atoms with E-state index in [4.69, 9.17) is 17.3 Å². The van der Waals surface area contributed by atoms with Crippen LogP contribution in [-0.4, -0.2) is 31.5 Å². The Bertz CT molecular complexity index is 662. The average molecular weight is 314 g/mol. The molecule has 0 saturated carbocycles. The van der Waals surface area contributed by atoms with E-state index in [0.717, 1.165) is 24.7 Å². The van der Waals surface area contributed by atoms with Gasteiger partial charge in [0.2, 0.25) is 16.4 Å². The van der Waals surface area contributed by atoms with Crippen molar-refractivity contribution in [3.05, 3.63) is 21.7 Å². The molecule has 0 spiro atoms. The van der Waals surface area contributed by atoms with E-state index in [0.29, 0.717) is 16.3 Å². The van der Waals surface area contributed by atoms with Crippen LogP contribution in [-0.2, 0) is 0 Å². The third kappa shape index (κ3) is 4.07. The van der Waals surface area contributed by atoms with Crippen LogP contribution in [0.15, 0.2) is 21.2 Å². The Morgan fingerprint density at radius 2 is 2.20 bits per heavy atom. The summed E-state index contributed by atoms with van der Waals surface area (Å²) in [6.45, 7) is 2.74. The Hall–Kier alpha value is -1.87. The zero-order valence-corrected chi connectivity index (χ0v) is 12.1. The van der Waals surface area contributed by atoms with Crippen LogP contribution >= 0.6 is 23.4 Å². The average Bonchev–Trinajstić information content (AvgIpc) is 2.34. The first-order valence-electron chi connectivity index (χ1n) is 5.77. The highest BCUT2D eigenvalue weighted by atomic mass is 35.5. The van der Waals surface area contributed by atoms with Crippen LogP contribution in [0.1, 0.15) is 13.3 Å². The molecular formula is C10H12ClN7OS. The predicted molar refractivity (Wildman–Crippen MR) is 77.0 cm³/mol. The Morgan fingerprint density at radius 3 is 2.90 bits per heavy atom. The molecule has 4 N–H and O–H groups in total. The predicted octanol–water partition coefficient (Wildman–Crippen LogP) is 1.16. The van der Waals surface area contributed by atoms with E-state index in [9.17, 15) is 4.79 Å². The monoisotopic (exact) mass is 313 g/mol. The third-order valence-corrected chi connectivity index (χ3v) is 2.97. The molecule has 0 radical (unpaired) electrons. The molecule has 0 aliphatic rings. The summed E-state index contributed by atoms with van der Waals surface area (Å²) in [5.41, 5.74) is 5.16. The molecule has 106 valence electrons. The number of nitrogens with two attached hydrogens (primary N) is 1. The second-order valence-corrected chi connectivity index (χ2v) is 5.01. The summed E-state index contributed by atoms with van der Waals surface area (Å²) >= 11 is 6.87. The number of anilines is 2. The highest BCUT2D eigenvalue weighted by molar-refractivity contribution is 7.99. The van der Waals surface area contributed by atoms with E-state index < -0.39 is 0 Å². The van der Waals surface area contributed by atoms with Crippen LogP contribution in [0.5, 0.6) is 0 Å². The summed E-state index contributed by atoms with van der Waals surface area (Å²) in [7, 11) is 0. The quantitative estimate of drug-likeness (QED) is 0.703. The van der Waals surface area contributed by atoms with Gasteiger partial charge in [-0.25, -0.2) is 4.98 Å². The smallest absolute Gasteiger partial charge is 0.253 e. The summed E-state index contributed by atoms with van der Waals surface area (Å²) in [4.78, 5) is 29.9. The minimum absolute atomic E-state index is 0.0624. The fourth-order valence-electron chi connectivity index (χ4n) is 1.28. The van der Waals surface area contributed by atoms with Crippen LogP contribution < -0.4 is 16.6 Å². The first-order valence-corrected chi connectivity index (χ1v) is 6.96. The fourth-order valence-corrected chi connectivity index (χ4v) is 2.23. The van der Waals surface area contributed by atoms with E-state index in [-0.39, 0.29) is 16.7 Å². The number of hydrogen-bond donors (Lipinski definition) is 3. The maximum absolute atomic E-state index is 11.3. The zero-order chi connectivity index (χ0) is 14.5. The molecule has 0 amide bonds. The largest absolute Gasteiger partial charge is 0.383 e. The number of nitrogens with one attached hydrogen (secondary N) is 2. The molecule has 0 atom stereocenters. The second-order valence-electron chi connectivity index (χ2n) is 3.71. The first kappa shape index (κ1) is 14.5. The fraction of sp³-hybridized carbons (Fsp3) is 0.300. The minimum Gasteiger partial charge on any atom is -0.383 e. The highest BCUT2D eigenvalue weighted by Crippen LogP contribution is 2.22. The van der Waals surface area contributed by atoms with Gasteiger partial charge < -0.3 is 16.0 Å². The lowest BCUT2D eigenvalue weighted by Crippen LogP contribution is -2.10. The Morgan fingerprint density at radius 1 is 1.40 bits per heavy atom. The van der Waals surface area contributed by atoms with Crippen molar-refractivity contribution in [2.45, 2.75) is 23.7 Å². The van der Waals surface area contributed by atoms with Crippen molar-refractivity contribution in [1.29, 1.82) is 0 Å². The molecule has 2 rings (SSSR count). The second kappa shape index (κ2) is 6.53. The molecule has 8 nitrogen and oxygen atoms in total. The molecule has 0 aromatic carbocycles. The van der Waals surface area contributed by atoms with Crippen molar-refractivity contribution in [3.63, 3.8) is 0 Å². The summed E-state index contributed by atoms with van der Waals surface area (Å²) in [5, 5.41) is 3.68. The van der Waals surface area contributed by atoms with Gasteiger partial charge in [0.1, 0.15) is 5.82 Å². The molecule has 2 aromatic heterocycles. The number of H-pyrrole nitrogens is 1. The number of halogens is 1. The van der Waals surface area contributed by atoms with E-state index in [1.54, 1.807) is 0 Å². The normalized spacial score (nSPS) is 10.5. The Labute approximate surface area is 123 Å². The summed E-state index contributed by atoms with van der Waals surface area (Å²) in [6.07, 6.45) is 0.926. The molecule has 10 heteroatoms. The van der Waals surface area contributed by atoms with Crippen molar-refractivity contribution >= 4 is 35.1 Å². The highest BCUT2D eigenvalue weighted by Gasteiger charge is 2.08. The van der Waals surface area contributed by atoms with E-state index >= 15 is 0 Å². The lowest BCUT2D eigenvalue weighted by Gasteiger charge is -2.05. The molecular weight excluding hydrogens is 302 g/mol. The molecule has 0 fully saturated rings. The molecule has 0 unspecified atom stereocenters. The standard InChI is InChI=1S/C10H12ClN7OS/c1-2-3-13-8-16-7(11)17-10(18-8)20-9-14-5(12)4-6(19)15-9/h4H,2-3H2,1H3,(H3,12,14,15,19)(H,13,16,17,18). The Kier molecular flexibility index (Phi) is 4.74. The molecule has 0 bridgehead atoms. The number of aromatic nitrogens is 5. The van der Waals surface area contributed by atoms with Gasteiger partial charge in [-0.3, -0.25) is 4.79 Å². The van der Waals surface area contributed by atoms with Gasteiger partial charge in [-0.1, -0.05) is 6.92 Å². The van der Waals surface area contributed by atoms with Crippen LogP contribution in [0.25, 0.3) is 0 Å². The van der Waals surface area contributed by atoms with Gasteiger partial charge in [0.05, 0.1) is 0 Å². The summed E-state index contributed by atoms with van der Waals surface area (Å²) < 4.78 is 0. The molecule has 2 aromatic rings. The molecule has 0 saturated heterocycles. The lowest BCUT2D eigenvalue weighted by molar-refractivity contribution is 0.867. The third-order valence-electron chi connectivity index (χ3n) is 2.05. The van der Waals surface area contributed by atoms with Gasteiger partial charge in [0, 0.05) is 12.6 Å². The van der Waals surface area contributed by atoms with E-state index in [1.807, 2.05) is 6.92 Å². The van der Waals surface area contributed by atoms with Crippen LogP contribution in [0, 0.1) is 0 Å². The SMILES string of the molecule is CCCNc1nc(Cl)nc(Sc2nc(N)cc(=O)[nH]2)n1. The number of nitrogens with zero attached hydrogens (tertiary/aromatic N) is 4. The van der Waals surface area contributed by atoms with Crippen molar-refractivity contribution in [1.82, 2.24) is 24.9 Å². The van der Waals surface area contributed by atoms with Crippen LogP contribution in [0.4, 0.5) is 11.8 Å². The zero-order valence-electron chi connectivity index (χ0n) is 10.6. The van der Waals surface area contributed by atoms with Crippen molar-refractivity contribution < 1.29 is 0 Å². The molecule has 2 heterocycles. The summed E-state index contributed by atoms with van der Waals surface area (Å²) in [5.74, 6) is 0.501. The van der Waals surface area contributed by atoms with Gasteiger partial charge in [-0.15, -0.1) is 0 Å². The molecule has 0 aliphatic heterocycles. The Balaban J connectivity index is 2.23. The van der Waals surface area contributed by atoms with Gasteiger partial charge in [-0.05, 0) is 29.8 Å². The topological polar surface area (TPSA) is 122 Å². The molecule has 20 heavy (non-hydrogen) atoms. The van der Waals surface area contributed by atoms with Gasteiger partial charge >= 0.3 is 0 Å². The van der Waals surface area contributed by atoms with Crippen LogP contribution in [0.3, 0.4) is 0 Å². The van der Waals surface area contributed by atoms with Crippen molar-refractivity contribution in [2.75, 3.05) is 17.6 Å². The molecule has 0 aliphatic carbocycles. The van der Waals surface area contributed by atoms with Crippen LogP contribution in [0.2, 0.25) is 5.28 Å². The van der Waals surface area contributed by atoms with Crippen molar-refractivity contribution in [3.8, 4) is 0 Å². The number of hydrogen-bond acceptors (Lipinski definition) is 8. The van der Waals surface area contributed by atoms with E-state index in [1.165, 1.54) is 6.07 Å². The van der Waals surface area contributed by atoms with Gasteiger partial charge in [-0.2, -0.15) is 15.0 Å². The lowest BCUT2D eigenvalue weighted by atomic mass is 10.5. The number of aromatic amines is 1. The number of nitrogen functional groups attached to an aromatic ring is 1. The first-order chi connectivity index (χ1) is 9.56. The summed E-state index contributed by atoms with van der Waals surface area (Å²) in [6, 6.07) is 1.19. The maximum Gasteiger partial charge on any atom is 0.253 e. The van der Waals surface area contributed by atoms with Gasteiger partial charge in [0.15, 0.2) is 5.16 Å².